The smallest absolute Gasteiger partial charge is 0.258 e. The van der Waals surface area contributed by atoms with Gasteiger partial charge < -0.3 is 25.4 Å². The standard InChI is InChI=1S/C21H21Cl2FN3O4Si/c1-30-18-8-12(22)2-5-16(18)26-20(29)17-6-7-21(32,11-25-17)27-19(28)10-31-13-3-4-14(23)15(24)9-13/h2-5,8-9,17,25H,6-7,10-11H2,1H3,(H,26,29)(H,27,28)/t17-,21+/m1/s1. The van der Waals surface area contributed by atoms with Crippen molar-refractivity contribution in [2.75, 3.05) is 25.6 Å². The second-order valence-corrected chi connectivity index (χ2v) is 9.10. The SMILES string of the molecule is COc1cc(Cl)ccc1NC(=O)[C@H]1CC[C@@]([Si])(NC(=O)COc2ccc(Cl)c(F)c2)CN1. The van der Waals surface area contributed by atoms with E-state index in [1.54, 1.807) is 18.2 Å². The number of ether oxygens (including phenoxy) is 2. The zero-order valence-corrected chi connectivity index (χ0v) is 19.6. The van der Waals surface area contributed by atoms with Gasteiger partial charge in [0.05, 0.1) is 34.1 Å². The minimum atomic E-state index is -0.750. The quantitative estimate of drug-likeness (QED) is 0.512. The highest BCUT2D eigenvalue weighted by Gasteiger charge is 2.35. The average molecular weight is 497 g/mol. The summed E-state index contributed by atoms with van der Waals surface area (Å²) < 4.78 is 24.0. The molecule has 169 valence electrons. The van der Waals surface area contributed by atoms with Crippen molar-refractivity contribution in [3.8, 4) is 11.5 Å². The molecule has 0 aliphatic carbocycles. The van der Waals surface area contributed by atoms with Crippen LogP contribution in [0, 0.1) is 5.82 Å². The molecule has 1 saturated heterocycles. The highest BCUT2D eigenvalue weighted by atomic mass is 35.5. The summed E-state index contributed by atoms with van der Waals surface area (Å²) in [5, 5.41) is 8.50. The number of halogens is 3. The van der Waals surface area contributed by atoms with Gasteiger partial charge in [0.15, 0.2) is 6.61 Å². The largest absolute Gasteiger partial charge is 0.495 e. The van der Waals surface area contributed by atoms with Crippen LogP contribution < -0.4 is 25.4 Å². The monoisotopic (exact) mass is 496 g/mol. The molecule has 0 aromatic heterocycles. The highest BCUT2D eigenvalue weighted by molar-refractivity contribution is 6.31. The molecule has 7 nitrogen and oxygen atoms in total. The molecule has 1 fully saturated rings. The molecule has 0 spiro atoms. The van der Waals surface area contributed by atoms with E-state index >= 15 is 0 Å². The molecule has 1 aliphatic rings. The fraction of sp³-hybridized carbons (Fsp3) is 0.333. The summed E-state index contributed by atoms with van der Waals surface area (Å²) in [6.07, 6.45) is 0.961. The van der Waals surface area contributed by atoms with Crippen LogP contribution >= 0.6 is 23.2 Å². The summed E-state index contributed by atoms with van der Waals surface area (Å²) in [6.45, 7) is 0.00855. The van der Waals surface area contributed by atoms with Gasteiger partial charge in [-0.2, -0.15) is 0 Å². The lowest BCUT2D eigenvalue weighted by Crippen LogP contribution is -2.62. The minimum Gasteiger partial charge on any atom is -0.495 e. The van der Waals surface area contributed by atoms with Crippen molar-refractivity contribution in [1.82, 2.24) is 10.6 Å². The molecule has 2 atom stereocenters. The average Bonchev–Trinajstić information content (AvgIpc) is 2.76. The number of hydrogen-bond donors (Lipinski definition) is 3. The minimum absolute atomic E-state index is 0.0257. The third kappa shape index (κ3) is 6.35. The van der Waals surface area contributed by atoms with E-state index in [4.69, 9.17) is 32.7 Å². The van der Waals surface area contributed by atoms with Crippen molar-refractivity contribution in [2.24, 2.45) is 0 Å². The highest BCUT2D eigenvalue weighted by Crippen LogP contribution is 2.28. The number of nitrogens with one attached hydrogen (secondary N) is 3. The van der Waals surface area contributed by atoms with Gasteiger partial charge >= 0.3 is 0 Å². The van der Waals surface area contributed by atoms with Gasteiger partial charge in [-0.25, -0.2) is 4.39 Å². The molecule has 2 aromatic rings. The number of benzene rings is 2. The molecular formula is C21H21Cl2FN3O4Si. The lowest BCUT2D eigenvalue weighted by atomic mass is 9.99. The van der Waals surface area contributed by atoms with E-state index < -0.39 is 22.9 Å². The normalized spacial score (nSPS) is 20.3. The van der Waals surface area contributed by atoms with Crippen LogP contribution in [0.2, 0.25) is 10.0 Å². The van der Waals surface area contributed by atoms with Crippen molar-refractivity contribution >= 4 is 50.9 Å². The molecule has 0 bridgehead atoms. The van der Waals surface area contributed by atoms with Gasteiger partial charge in [-0.3, -0.25) is 9.59 Å². The van der Waals surface area contributed by atoms with Crippen molar-refractivity contribution in [2.45, 2.75) is 24.0 Å². The molecule has 0 saturated carbocycles. The summed E-state index contributed by atoms with van der Waals surface area (Å²) in [5.74, 6) is -0.590. The molecule has 1 heterocycles. The van der Waals surface area contributed by atoms with Gasteiger partial charge in [0.2, 0.25) is 5.91 Å². The van der Waals surface area contributed by atoms with Gasteiger partial charge in [-0.05, 0) is 37.1 Å². The maximum absolute atomic E-state index is 13.5. The van der Waals surface area contributed by atoms with Crippen LogP contribution in [0.15, 0.2) is 36.4 Å². The summed E-state index contributed by atoms with van der Waals surface area (Å²) in [7, 11) is 5.08. The van der Waals surface area contributed by atoms with Crippen molar-refractivity contribution < 1.29 is 23.5 Å². The Kier molecular flexibility index (Phi) is 7.99. The van der Waals surface area contributed by atoms with Gasteiger partial charge in [0, 0.05) is 28.9 Å². The van der Waals surface area contributed by atoms with E-state index in [0.717, 1.165) is 6.07 Å². The summed E-state index contributed by atoms with van der Waals surface area (Å²) in [5.41, 5.74) is 0.517. The molecule has 3 radical (unpaired) electrons. The Bertz CT molecular complexity index is 1000. The van der Waals surface area contributed by atoms with Crippen LogP contribution in [0.5, 0.6) is 11.5 Å². The summed E-state index contributed by atoms with van der Waals surface area (Å²) >= 11 is 11.6. The number of piperidine rings is 1. The van der Waals surface area contributed by atoms with Crippen LogP contribution in [0.3, 0.4) is 0 Å². The van der Waals surface area contributed by atoms with E-state index in [0.29, 0.717) is 35.8 Å². The van der Waals surface area contributed by atoms with Crippen molar-refractivity contribution in [1.29, 1.82) is 0 Å². The molecular weight excluding hydrogens is 476 g/mol. The fourth-order valence-electron chi connectivity index (χ4n) is 3.22. The number of hydrogen-bond acceptors (Lipinski definition) is 5. The van der Waals surface area contributed by atoms with E-state index in [2.05, 4.69) is 26.2 Å². The summed E-state index contributed by atoms with van der Waals surface area (Å²) in [6, 6.07) is 8.43. The third-order valence-corrected chi connectivity index (χ3v) is 5.98. The van der Waals surface area contributed by atoms with Crippen LogP contribution in [0.1, 0.15) is 12.8 Å². The second kappa shape index (κ2) is 10.5. The molecule has 3 rings (SSSR count). The van der Waals surface area contributed by atoms with E-state index in [9.17, 15) is 14.0 Å². The molecule has 1 aliphatic heterocycles. The molecule has 32 heavy (non-hydrogen) atoms. The van der Waals surface area contributed by atoms with E-state index in [-0.39, 0.29) is 23.3 Å². The number of carbonyl (C=O) groups excluding carboxylic acids is 2. The zero-order chi connectivity index (χ0) is 23.3. The predicted molar refractivity (Wildman–Crippen MR) is 121 cm³/mol. The first-order valence-corrected chi connectivity index (χ1v) is 11.0. The third-order valence-electron chi connectivity index (χ3n) is 4.89. The number of methoxy groups -OCH3 is 1. The Morgan fingerprint density at radius 1 is 1.28 bits per heavy atom. The van der Waals surface area contributed by atoms with E-state index in [1.165, 1.54) is 19.2 Å². The topological polar surface area (TPSA) is 88.7 Å². The first-order chi connectivity index (χ1) is 15.2. The fourth-order valence-corrected chi connectivity index (χ4v) is 3.88. The second-order valence-electron chi connectivity index (χ2n) is 7.30. The van der Waals surface area contributed by atoms with Gasteiger partial charge in [-0.1, -0.05) is 23.2 Å². The van der Waals surface area contributed by atoms with Gasteiger partial charge in [-0.15, -0.1) is 0 Å². The van der Waals surface area contributed by atoms with Crippen LogP contribution in [0.25, 0.3) is 0 Å². The van der Waals surface area contributed by atoms with Crippen LogP contribution in [-0.4, -0.2) is 53.5 Å². The first kappa shape index (κ1) is 24.3. The lowest BCUT2D eigenvalue weighted by molar-refractivity contribution is -0.124. The van der Waals surface area contributed by atoms with Gasteiger partial charge in [0.1, 0.15) is 17.3 Å². The molecule has 0 unspecified atom stereocenters. The molecule has 2 aromatic carbocycles. The Morgan fingerprint density at radius 2 is 2.06 bits per heavy atom. The maximum Gasteiger partial charge on any atom is 0.258 e. The maximum atomic E-state index is 13.5. The van der Waals surface area contributed by atoms with Crippen LogP contribution in [-0.2, 0) is 9.59 Å². The molecule has 11 heteroatoms. The van der Waals surface area contributed by atoms with Crippen molar-refractivity contribution in [3.05, 3.63) is 52.3 Å². The summed E-state index contributed by atoms with van der Waals surface area (Å²) in [4.78, 5) is 24.9. The molecule has 2 amide bonds. The number of anilines is 1. The number of amides is 2. The number of rotatable bonds is 7. The lowest BCUT2D eigenvalue weighted by Gasteiger charge is -2.38. The Morgan fingerprint density at radius 3 is 2.72 bits per heavy atom. The Labute approximate surface area is 198 Å². The number of carbonyl (C=O) groups is 2. The zero-order valence-electron chi connectivity index (χ0n) is 17.1. The molecule has 3 N–H and O–H groups in total. The predicted octanol–water partition coefficient (Wildman–Crippen LogP) is 2.89. The Hall–Kier alpha value is -2.33. The van der Waals surface area contributed by atoms with Gasteiger partial charge in [0.25, 0.3) is 5.91 Å². The van der Waals surface area contributed by atoms with Crippen molar-refractivity contribution in [3.63, 3.8) is 0 Å². The first-order valence-electron chi connectivity index (χ1n) is 9.71. The van der Waals surface area contributed by atoms with E-state index in [1.807, 2.05) is 0 Å². The Balaban J connectivity index is 1.48. The van der Waals surface area contributed by atoms with Crippen LogP contribution in [0.4, 0.5) is 10.1 Å².